The Kier molecular flexibility index (Phi) is 6.07. The van der Waals surface area contributed by atoms with E-state index in [4.69, 9.17) is 14.6 Å². The minimum absolute atomic E-state index is 0.170. The third-order valence-corrected chi connectivity index (χ3v) is 2.76. The topological polar surface area (TPSA) is 56.5 Å². The fourth-order valence-corrected chi connectivity index (χ4v) is 1.76. The molecule has 0 unspecified atom stereocenters. The number of aliphatic hydroxyl groups is 1. The third-order valence-electron chi connectivity index (χ3n) is 2.76. The van der Waals surface area contributed by atoms with Crippen LogP contribution in [0.5, 0.6) is 5.75 Å². The van der Waals surface area contributed by atoms with Crippen LogP contribution in [0.1, 0.15) is 12.0 Å². The minimum atomic E-state index is 0.170. The summed E-state index contributed by atoms with van der Waals surface area (Å²) in [6.07, 6.45) is 4.20. The molecule has 20 heavy (non-hydrogen) atoms. The Bertz CT molecular complexity index is 485. The lowest BCUT2D eigenvalue weighted by molar-refractivity contribution is 0.0889. The molecule has 0 saturated carbocycles. The van der Waals surface area contributed by atoms with Gasteiger partial charge in [0.05, 0.1) is 25.6 Å². The van der Waals surface area contributed by atoms with E-state index < -0.39 is 0 Å². The van der Waals surface area contributed by atoms with Crippen molar-refractivity contribution in [3.63, 3.8) is 0 Å². The average Bonchev–Trinajstić information content (AvgIpc) is 2.94. The average molecular weight is 276 g/mol. The van der Waals surface area contributed by atoms with Gasteiger partial charge in [-0.3, -0.25) is 4.68 Å². The van der Waals surface area contributed by atoms with Gasteiger partial charge < -0.3 is 14.6 Å². The molecule has 1 aromatic heterocycles. The highest BCUT2D eigenvalue weighted by molar-refractivity contribution is 5.13. The van der Waals surface area contributed by atoms with Gasteiger partial charge in [-0.2, -0.15) is 5.10 Å². The van der Waals surface area contributed by atoms with Crippen LogP contribution < -0.4 is 4.74 Å². The molecular weight excluding hydrogens is 256 g/mol. The van der Waals surface area contributed by atoms with Gasteiger partial charge in [0.25, 0.3) is 0 Å². The van der Waals surface area contributed by atoms with Crippen LogP contribution in [-0.4, -0.2) is 34.7 Å². The van der Waals surface area contributed by atoms with Crippen LogP contribution in [0, 0.1) is 0 Å². The smallest absolute Gasteiger partial charge is 0.157 e. The number of aliphatic hydroxyl groups excluding tert-OH is 1. The first kappa shape index (κ1) is 14.6. The summed E-state index contributed by atoms with van der Waals surface area (Å²) < 4.78 is 12.8. The van der Waals surface area contributed by atoms with E-state index in [9.17, 15) is 0 Å². The summed E-state index contributed by atoms with van der Waals surface area (Å²) >= 11 is 0. The number of nitrogens with zero attached hydrogens (tertiary/aromatic N) is 2. The van der Waals surface area contributed by atoms with Crippen molar-refractivity contribution in [3.8, 4) is 5.75 Å². The van der Waals surface area contributed by atoms with Crippen molar-refractivity contribution in [2.45, 2.75) is 19.6 Å². The number of benzene rings is 1. The molecule has 2 rings (SSSR count). The van der Waals surface area contributed by atoms with Gasteiger partial charge >= 0.3 is 0 Å². The summed E-state index contributed by atoms with van der Waals surface area (Å²) in [6.45, 7) is 2.50. The lowest BCUT2D eigenvalue weighted by Gasteiger charge is -2.05. The normalized spacial score (nSPS) is 10.7. The van der Waals surface area contributed by atoms with Gasteiger partial charge in [-0.05, 0) is 12.0 Å². The van der Waals surface area contributed by atoms with Gasteiger partial charge in [0.15, 0.2) is 5.75 Å². The van der Waals surface area contributed by atoms with Gasteiger partial charge in [-0.25, -0.2) is 0 Å². The van der Waals surface area contributed by atoms with Gasteiger partial charge in [-0.1, -0.05) is 30.3 Å². The maximum absolute atomic E-state index is 8.74. The largest absolute Gasteiger partial charge is 0.488 e. The predicted molar refractivity (Wildman–Crippen MR) is 75.5 cm³/mol. The van der Waals surface area contributed by atoms with E-state index in [2.05, 4.69) is 5.10 Å². The monoisotopic (exact) mass is 276 g/mol. The van der Waals surface area contributed by atoms with Crippen molar-refractivity contribution < 1.29 is 14.6 Å². The van der Waals surface area contributed by atoms with Crippen molar-refractivity contribution in [1.82, 2.24) is 9.78 Å². The van der Waals surface area contributed by atoms with Crippen LogP contribution in [0.3, 0.4) is 0 Å². The van der Waals surface area contributed by atoms with Crippen LogP contribution in [0.4, 0.5) is 0 Å². The molecule has 1 N–H and O–H groups in total. The second kappa shape index (κ2) is 8.35. The molecule has 1 heterocycles. The van der Waals surface area contributed by atoms with Gasteiger partial charge in [0.2, 0.25) is 0 Å². The second-order valence-corrected chi connectivity index (χ2v) is 4.40. The molecule has 0 spiro atoms. The van der Waals surface area contributed by atoms with Crippen molar-refractivity contribution in [1.29, 1.82) is 0 Å². The Balaban J connectivity index is 1.60. The number of hydrogen-bond donors (Lipinski definition) is 1. The summed E-state index contributed by atoms with van der Waals surface area (Å²) in [5.41, 5.74) is 1.16. The molecule has 0 aliphatic rings. The van der Waals surface area contributed by atoms with Gasteiger partial charge in [0.1, 0.15) is 6.61 Å². The fourth-order valence-electron chi connectivity index (χ4n) is 1.76. The molecule has 108 valence electrons. The molecule has 0 atom stereocenters. The Morgan fingerprint density at radius 3 is 2.80 bits per heavy atom. The summed E-state index contributed by atoms with van der Waals surface area (Å²) in [5, 5.41) is 12.9. The van der Waals surface area contributed by atoms with Crippen molar-refractivity contribution in [3.05, 3.63) is 48.3 Å². The molecule has 2 aromatic rings. The Hall–Kier alpha value is -1.85. The summed E-state index contributed by atoms with van der Waals surface area (Å²) in [6, 6.07) is 10.0. The van der Waals surface area contributed by atoms with Crippen LogP contribution in [0.2, 0.25) is 0 Å². The molecule has 0 aliphatic heterocycles. The first-order valence-corrected chi connectivity index (χ1v) is 6.76. The zero-order chi connectivity index (χ0) is 14.0. The molecule has 0 aliphatic carbocycles. The summed E-state index contributed by atoms with van der Waals surface area (Å²) in [7, 11) is 0. The van der Waals surface area contributed by atoms with E-state index in [0.717, 1.165) is 11.3 Å². The number of aromatic nitrogens is 2. The molecular formula is C15H20N2O3. The first-order valence-electron chi connectivity index (χ1n) is 6.76. The van der Waals surface area contributed by atoms with Crippen molar-refractivity contribution in [2.75, 3.05) is 19.8 Å². The highest BCUT2D eigenvalue weighted by Gasteiger charge is 1.99. The van der Waals surface area contributed by atoms with Crippen LogP contribution in [0.15, 0.2) is 42.7 Å². The van der Waals surface area contributed by atoms with E-state index >= 15 is 0 Å². The molecule has 0 saturated heterocycles. The van der Waals surface area contributed by atoms with E-state index in [1.165, 1.54) is 0 Å². The molecule has 0 radical (unpaired) electrons. The maximum Gasteiger partial charge on any atom is 0.157 e. The number of aryl methyl sites for hydroxylation is 1. The van der Waals surface area contributed by atoms with E-state index in [0.29, 0.717) is 32.8 Å². The molecule has 0 bridgehead atoms. The minimum Gasteiger partial charge on any atom is -0.488 e. The lowest BCUT2D eigenvalue weighted by atomic mass is 10.2. The van der Waals surface area contributed by atoms with Gasteiger partial charge in [0, 0.05) is 13.2 Å². The molecule has 5 nitrogen and oxygen atoms in total. The van der Waals surface area contributed by atoms with E-state index in [1.54, 1.807) is 10.9 Å². The molecule has 5 heteroatoms. The highest BCUT2D eigenvalue weighted by Crippen LogP contribution is 2.08. The Morgan fingerprint density at radius 1 is 1.15 bits per heavy atom. The molecule has 0 amide bonds. The summed E-state index contributed by atoms with van der Waals surface area (Å²) in [5.74, 6) is 0.728. The quantitative estimate of drug-likeness (QED) is 0.710. The summed E-state index contributed by atoms with van der Waals surface area (Å²) in [4.78, 5) is 0. The van der Waals surface area contributed by atoms with Crippen molar-refractivity contribution in [2.24, 2.45) is 0 Å². The zero-order valence-corrected chi connectivity index (χ0v) is 11.4. The Morgan fingerprint density at radius 2 is 2.00 bits per heavy atom. The standard InChI is InChI=1S/C15H20N2O3/c18-8-4-7-17-12-15(11-16-17)20-10-9-19-13-14-5-2-1-3-6-14/h1-3,5-6,11-12,18H,4,7-10,13H2. The molecule has 1 aromatic carbocycles. The highest BCUT2D eigenvalue weighted by atomic mass is 16.5. The maximum atomic E-state index is 8.74. The fraction of sp³-hybridized carbons (Fsp3) is 0.400. The SMILES string of the molecule is OCCCn1cc(OCCOCc2ccccc2)cn1. The van der Waals surface area contributed by atoms with Crippen LogP contribution >= 0.6 is 0 Å². The van der Waals surface area contributed by atoms with Gasteiger partial charge in [-0.15, -0.1) is 0 Å². The number of rotatable bonds is 9. The van der Waals surface area contributed by atoms with Crippen LogP contribution in [0.25, 0.3) is 0 Å². The van der Waals surface area contributed by atoms with E-state index in [1.807, 2.05) is 36.5 Å². The third kappa shape index (κ3) is 5.03. The molecule has 0 fully saturated rings. The van der Waals surface area contributed by atoms with E-state index in [-0.39, 0.29) is 6.61 Å². The predicted octanol–water partition coefficient (Wildman–Crippen LogP) is 1.86. The Labute approximate surface area is 118 Å². The van der Waals surface area contributed by atoms with Crippen molar-refractivity contribution >= 4 is 0 Å². The zero-order valence-electron chi connectivity index (χ0n) is 11.4. The second-order valence-electron chi connectivity index (χ2n) is 4.40. The first-order chi connectivity index (χ1) is 9.88. The van der Waals surface area contributed by atoms with Crippen LogP contribution in [-0.2, 0) is 17.9 Å². The number of hydrogen-bond acceptors (Lipinski definition) is 4. The lowest BCUT2D eigenvalue weighted by Crippen LogP contribution is -2.06. The number of ether oxygens (including phenoxy) is 2.